The number of carbonyl (C=O) groups excluding carboxylic acids is 1. The van der Waals surface area contributed by atoms with E-state index in [1.165, 1.54) is 18.2 Å². The normalized spacial score (nSPS) is 12.8. The molecule has 4 heteroatoms. The van der Waals surface area contributed by atoms with Gasteiger partial charge in [-0.3, -0.25) is 0 Å². The van der Waals surface area contributed by atoms with Crippen LogP contribution < -0.4 is 4.74 Å². The topological polar surface area (TPSA) is 55.8 Å². The molecule has 1 N–H and O–H groups in total. The number of esters is 1. The summed E-state index contributed by atoms with van der Waals surface area (Å²) in [5, 5.41) is 11.0. The van der Waals surface area contributed by atoms with E-state index < -0.39 is 5.60 Å². The van der Waals surface area contributed by atoms with Gasteiger partial charge >= 0.3 is 5.97 Å². The van der Waals surface area contributed by atoms with Crippen molar-refractivity contribution in [2.45, 2.75) is 79.2 Å². The summed E-state index contributed by atoms with van der Waals surface area (Å²) in [5.74, 6) is 1.21. The third kappa shape index (κ3) is 6.60. The van der Waals surface area contributed by atoms with E-state index in [0.29, 0.717) is 18.1 Å². The van der Waals surface area contributed by atoms with Crippen molar-refractivity contribution in [2.24, 2.45) is 11.8 Å². The fraction of sp³-hybridized carbons (Fsp3) is 0.552. The van der Waals surface area contributed by atoms with E-state index in [0.717, 1.165) is 36.1 Å². The van der Waals surface area contributed by atoms with E-state index in [-0.39, 0.29) is 17.8 Å². The second-order valence-corrected chi connectivity index (χ2v) is 9.90. The highest BCUT2D eigenvalue weighted by Gasteiger charge is 2.35. The lowest BCUT2D eigenvalue weighted by Gasteiger charge is -2.36. The highest BCUT2D eigenvalue weighted by atomic mass is 16.5. The fourth-order valence-corrected chi connectivity index (χ4v) is 4.45. The number of hydrogen-bond donors (Lipinski definition) is 1. The molecule has 2 aromatic rings. The zero-order valence-corrected chi connectivity index (χ0v) is 21.7. The van der Waals surface area contributed by atoms with Crippen molar-refractivity contribution in [3.63, 3.8) is 0 Å². The maximum Gasteiger partial charge on any atom is 0.338 e. The summed E-state index contributed by atoms with van der Waals surface area (Å²) in [5.41, 5.74) is 4.38. The van der Waals surface area contributed by atoms with Gasteiger partial charge in [-0.25, -0.2) is 4.79 Å². The van der Waals surface area contributed by atoms with Gasteiger partial charge in [0.2, 0.25) is 0 Å². The van der Waals surface area contributed by atoms with Gasteiger partial charge in [0, 0.05) is 0 Å². The lowest BCUT2D eigenvalue weighted by molar-refractivity contribution is -0.0786. The summed E-state index contributed by atoms with van der Waals surface area (Å²) >= 11 is 0. The molecule has 0 aliphatic rings. The van der Waals surface area contributed by atoms with Gasteiger partial charge in [-0.1, -0.05) is 58.9 Å². The summed E-state index contributed by atoms with van der Waals surface area (Å²) in [7, 11) is 1.41. The van der Waals surface area contributed by atoms with E-state index in [2.05, 4.69) is 38.1 Å². The Morgan fingerprint density at radius 2 is 1.67 bits per heavy atom. The lowest BCUT2D eigenvalue weighted by Crippen LogP contribution is -2.46. The molecule has 0 saturated carbocycles. The van der Waals surface area contributed by atoms with Crippen LogP contribution in [0.15, 0.2) is 36.4 Å². The Bertz CT molecular complexity index is 921. The fourth-order valence-electron chi connectivity index (χ4n) is 4.45. The SMILES string of the molecule is CCC(CCc1ccc(OCC(O)(C(C)C)C(C)C)c(C)c1)c1ccc(C(=O)OC)c(C)c1. The third-order valence-electron chi connectivity index (χ3n) is 7.10. The first kappa shape index (κ1) is 26.9. The average molecular weight is 455 g/mol. The molecule has 0 heterocycles. The van der Waals surface area contributed by atoms with Crippen LogP contribution in [-0.4, -0.2) is 30.4 Å². The largest absolute Gasteiger partial charge is 0.490 e. The van der Waals surface area contributed by atoms with Gasteiger partial charge in [0.25, 0.3) is 0 Å². The van der Waals surface area contributed by atoms with Crippen molar-refractivity contribution in [1.82, 2.24) is 0 Å². The van der Waals surface area contributed by atoms with Gasteiger partial charge in [-0.2, -0.15) is 0 Å². The number of aryl methyl sites for hydroxylation is 3. The van der Waals surface area contributed by atoms with Crippen LogP contribution in [0.1, 0.15) is 86.0 Å². The zero-order chi connectivity index (χ0) is 24.8. The van der Waals surface area contributed by atoms with Crippen LogP contribution in [-0.2, 0) is 11.2 Å². The third-order valence-corrected chi connectivity index (χ3v) is 7.10. The van der Waals surface area contributed by atoms with Crippen LogP contribution in [0, 0.1) is 25.7 Å². The Balaban J connectivity index is 2.05. The number of hydrogen-bond acceptors (Lipinski definition) is 4. The molecule has 0 radical (unpaired) electrons. The summed E-state index contributed by atoms with van der Waals surface area (Å²) < 4.78 is 10.9. The van der Waals surface area contributed by atoms with Crippen molar-refractivity contribution in [2.75, 3.05) is 13.7 Å². The van der Waals surface area contributed by atoms with Crippen molar-refractivity contribution in [3.8, 4) is 5.75 Å². The summed E-state index contributed by atoms with van der Waals surface area (Å²) in [6, 6.07) is 12.4. The lowest BCUT2D eigenvalue weighted by atomic mass is 9.81. The maximum atomic E-state index is 11.9. The second kappa shape index (κ2) is 11.7. The van der Waals surface area contributed by atoms with Gasteiger partial charge in [0.05, 0.1) is 12.7 Å². The van der Waals surface area contributed by atoms with Crippen LogP contribution in [0.4, 0.5) is 0 Å². The van der Waals surface area contributed by atoms with Gasteiger partial charge in [0.1, 0.15) is 18.0 Å². The molecule has 0 amide bonds. The molecule has 0 aromatic heterocycles. The predicted octanol–water partition coefficient (Wildman–Crippen LogP) is 6.64. The Hall–Kier alpha value is -2.33. The molecule has 4 nitrogen and oxygen atoms in total. The Kier molecular flexibility index (Phi) is 9.54. The van der Waals surface area contributed by atoms with E-state index >= 15 is 0 Å². The minimum absolute atomic E-state index is 0.119. The number of aliphatic hydroxyl groups is 1. The second-order valence-electron chi connectivity index (χ2n) is 9.90. The van der Waals surface area contributed by atoms with Crippen molar-refractivity contribution < 1.29 is 19.4 Å². The smallest absolute Gasteiger partial charge is 0.338 e. The molecule has 182 valence electrons. The molecular weight excluding hydrogens is 412 g/mol. The van der Waals surface area contributed by atoms with Gasteiger partial charge < -0.3 is 14.6 Å². The minimum atomic E-state index is -0.846. The van der Waals surface area contributed by atoms with E-state index in [9.17, 15) is 9.90 Å². The van der Waals surface area contributed by atoms with Crippen LogP contribution in [0.25, 0.3) is 0 Å². The molecule has 1 unspecified atom stereocenters. The van der Waals surface area contributed by atoms with Crippen molar-refractivity contribution >= 4 is 5.97 Å². The molecule has 1 atom stereocenters. The van der Waals surface area contributed by atoms with Gasteiger partial charge in [-0.15, -0.1) is 0 Å². The predicted molar refractivity (Wildman–Crippen MR) is 135 cm³/mol. The number of benzene rings is 2. The van der Waals surface area contributed by atoms with Crippen LogP contribution in [0.3, 0.4) is 0 Å². The molecule has 0 bridgehead atoms. The Morgan fingerprint density at radius 1 is 1.00 bits per heavy atom. The molecule has 2 rings (SSSR count). The Labute approximate surface area is 200 Å². The molecule has 0 aliphatic heterocycles. The Morgan fingerprint density at radius 3 is 2.18 bits per heavy atom. The minimum Gasteiger partial charge on any atom is -0.490 e. The molecule has 2 aromatic carbocycles. The van der Waals surface area contributed by atoms with Crippen molar-refractivity contribution in [1.29, 1.82) is 0 Å². The van der Waals surface area contributed by atoms with Gasteiger partial charge in [-0.05, 0) is 85.3 Å². The highest BCUT2D eigenvalue weighted by molar-refractivity contribution is 5.91. The van der Waals surface area contributed by atoms with E-state index in [1.807, 2.05) is 46.8 Å². The van der Waals surface area contributed by atoms with Crippen LogP contribution in [0.2, 0.25) is 0 Å². The monoisotopic (exact) mass is 454 g/mol. The maximum absolute atomic E-state index is 11.9. The summed E-state index contributed by atoms with van der Waals surface area (Å²) in [4.78, 5) is 11.9. The average Bonchev–Trinajstić information content (AvgIpc) is 2.77. The molecule has 33 heavy (non-hydrogen) atoms. The molecular formula is C29H42O4. The van der Waals surface area contributed by atoms with E-state index in [1.54, 1.807) is 0 Å². The first-order valence-corrected chi connectivity index (χ1v) is 12.2. The molecule has 0 aliphatic carbocycles. The standard InChI is InChI=1S/C29H42O4/c1-9-24(25-13-14-26(21(6)17-25)28(30)32-8)12-10-23-11-15-27(22(7)16-23)33-18-29(31,19(2)3)20(4)5/h11,13-17,19-20,24,31H,9-10,12,18H2,1-8H3. The first-order valence-electron chi connectivity index (χ1n) is 12.2. The molecule has 0 fully saturated rings. The molecule has 0 spiro atoms. The van der Waals surface area contributed by atoms with Crippen molar-refractivity contribution in [3.05, 3.63) is 64.2 Å². The van der Waals surface area contributed by atoms with Crippen LogP contribution in [0.5, 0.6) is 5.75 Å². The van der Waals surface area contributed by atoms with Crippen LogP contribution >= 0.6 is 0 Å². The van der Waals surface area contributed by atoms with E-state index in [4.69, 9.17) is 9.47 Å². The highest BCUT2D eigenvalue weighted by Crippen LogP contribution is 2.30. The molecule has 0 saturated heterocycles. The summed E-state index contributed by atoms with van der Waals surface area (Å²) in [6.07, 6.45) is 3.05. The first-order chi connectivity index (χ1) is 15.5. The summed E-state index contributed by atoms with van der Waals surface area (Å²) in [6.45, 7) is 14.7. The number of ether oxygens (including phenoxy) is 2. The number of methoxy groups -OCH3 is 1. The van der Waals surface area contributed by atoms with Gasteiger partial charge in [0.15, 0.2) is 0 Å². The zero-order valence-electron chi connectivity index (χ0n) is 21.7. The number of rotatable bonds is 11. The number of carbonyl (C=O) groups is 1. The quantitative estimate of drug-likeness (QED) is 0.387.